The van der Waals surface area contributed by atoms with E-state index in [1.807, 2.05) is 0 Å². The van der Waals surface area contributed by atoms with Crippen molar-refractivity contribution in [3.05, 3.63) is 149 Å². The summed E-state index contributed by atoms with van der Waals surface area (Å²) < 4.78 is 4.17. The van der Waals surface area contributed by atoms with Gasteiger partial charge < -0.3 is 0 Å². The molecule has 0 unspecified atom stereocenters. The molecular formula is C31H18Br4. The zero-order valence-corrected chi connectivity index (χ0v) is 24.7. The van der Waals surface area contributed by atoms with Gasteiger partial charge in [-0.15, -0.1) is 0 Å². The highest BCUT2D eigenvalue weighted by Gasteiger charge is 2.47. The molecular weight excluding hydrogens is 692 g/mol. The molecule has 0 atom stereocenters. The molecule has 35 heavy (non-hydrogen) atoms. The molecule has 0 aliphatic heterocycles. The van der Waals surface area contributed by atoms with Crippen LogP contribution in [-0.2, 0) is 5.41 Å². The van der Waals surface area contributed by atoms with Crippen LogP contribution in [-0.4, -0.2) is 0 Å². The lowest BCUT2D eigenvalue weighted by Crippen LogP contribution is -2.28. The van der Waals surface area contributed by atoms with Crippen LogP contribution in [0.15, 0.2) is 127 Å². The summed E-state index contributed by atoms with van der Waals surface area (Å²) in [7, 11) is 0. The first-order valence-corrected chi connectivity index (χ1v) is 14.4. The lowest BCUT2D eigenvalue weighted by molar-refractivity contribution is 0.765. The lowest BCUT2D eigenvalue weighted by atomic mass is 9.67. The van der Waals surface area contributed by atoms with Crippen molar-refractivity contribution >= 4 is 63.7 Å². The zero-order valence-electron chi connectivity index (χ0n) is 18.4. The number of fused-ring (bicyclic) bond motifs is 3. The molecule has 4 heteroatoms. The number of hydrogen-bond acceptors (Lipinski definition) is 0. The molecule has 1 aliphatic rings. The van der Waals surface area contributed by atoms with E-state index in [0.717, 1.165) is 17.9 Å². The number of hydrogen-bond donors (Lipinski definition) is 0. The van der Waals surface area contributed by atoms with Crippen LogP contribution in [0.2, 0.25) is 0 Å². The maximum atomic E-state index is 3.77. The zero-order chi connectivity index (χ0) is 24.2. The van der Waals surface area contributed by atoms with Crippen molar-refractivity contribution in [2.45, 2.75) is 5.41 Å². The Morgan fingerprint density at radius 2 is 0.914 bits per heavy atom. The molecule has 5 aromatic rings. The third-order valence-electron chi connectivity index (χ3n) is 6.74. The summed E-state index contributed by atoms with van der Waals surface area (Å²) in [6, 6.07) is 39.5. The number of halogens is 4. The topological polar surface area (TPSA) is 0 Å². The summed E-state index contributed by atoms with van der Waals surface area (Å²) in [5.74, 6) is 0. The van der Waals surface area contributed by atoms with Gasteiger partial charge in [-0.1, -0.05) is 137 Å². The molecule has 0 N–H and O–H groups in total. The van der Waals surface area contributed by atoms with E-state index in [9.17, 15) is 0 Å². The first-order valence-electron chi connectivity index (χ1n) is 11.2. The van der Waals surface area contributed by atoms with Crippen molar-refractivity contribution in [3.8, 4) is 22.3 Å². The van der Waals surface area contributed by atoms with Crippen molar-refractivity contribution < 1.29 is 0 Å². The van der Waals surface area contributed by atoms with Gasteiger partial charge in [-0.05, 0) is 80.9 Å². The van der Waals surface area contributed by atoms with Gasteiger partial charge in [0, 0.05) is 17.9 Å². The minimum Gasteiger partial charge on any atom is -0.0622 e. The van der Waals surface area contributed by atoms with Crippen molar-refractivity contribution in [2.24, 2.45) is 0 Å². The summed E-state index contributed by atoms with van der Waals surface area (Å²) in [5, 5.41) is 0. The molecule has 0 fully saturated rings. The smallest absolute Gasteiger partial charge is 0.0622 e. The van der Waals surface area contributed by atoms with Crippen molar-refractivity contribution in [3.63, 3.8) is 0 Å². The molecule has 0 aromatic heterocycles. The highest BCUT2D eigenvalue weighted by Crippen LogP contribution is 2.59. The third-order valence-corrected chi connectivity index (χ3v) is 8.58. The fourth-order valence-electron chi connectivity index (χ4n) is 5.52. The summed E-state index contributed by atoms with van der Waals surface area (Å²) >= 11 is 15.1. The Morgan fingerprint density at radius 1 is 0.429 bits per heavy atom. The lowest BCUT2D eigenvalue weighted by Gasteiger charge is -2.34. The van der Waals surface area contributed by atoms with Gasteiger partial charge in [0.25, 0.3) is 0 Å². The van der Waals surface area contributed by atoms with E-state index in [1.165, 1.54) is 44.5 Å². The van der Waals surface area contributed by atoms with Crippen LogP contribution in [0.3, 0.4) is 0 Å². The van der Waals surface area contributed by atoms with Crippen LogP contribution in [0.1, 0.15) is 22.3 Å². The molecule has 0 saturated carbocycles. The molecule has 0 heterocycles. The van der Waals surface area contributed by atoms with Crippen molar-refractivity contribution in [1.29, 1.82) is 0 Å². The molecule has 170 valence electrons. The molecule has 5 aromatic carbocycles. The highest BCUT2D eigenvalue weighted by molar-refractivity contribution is 9.11. The van der Waals surface area contributed by atoms with Gasteiger partial charge in [0.1, 0.15) is 0 Å². The van der Waals surface area contributed by atoms with Crippen molar-refractivity contribution in [2.75, 3.05) is 0 Å². The summed E-state index contributed by atoms with van der Waals surface area (Å²) in [6.45, 7) is 0. The van der Waals surface area contributed by atoms with Gasteiger partial charge in [-0.3, -0.25) is 0 Å². The molecule has 1 aliphatic carbocycles. The van der Waals surface area contributed by atoms with Crippen LogP contribution >= 0.6 is 63.7 Å². The third kappa shape index (κ3) is 3.81. The average Bonchev–Trinajstić information content (AvgIpc) is 3.15. The first-order chi connectivity index (χ1) is 17.0. The Labute approximate surface area is 238 Å². The van der Waals surface area contributed by atoms with E-state index in [2.05, 4.69) is 173 Å². The van der Waals surface area contributed by atoms with E-state index in [-0.39, 0.29) is 0 Å². The molecule has 0 saturated heterocycles. The van der Waals surface area contributed by atoms with Gasteiger partial charge in [0.15, 0.2) is 0 Å². The molecule has 0 radical (unpaired) electrons. The van der Waals surface area contributed by atoms with Crippen LogP contribution < -0.4 is 0 Å². The summed E-state index contributed by atoms with van der Waals surface area (Å²) in [5.41, 5.74) is 9.54. The quantitative estimate of drug-likeness (QED) is 0.172. The minimum atomic E-state index is -0.491. The fraction of sp³-hybridized carbons (Fsp3) is 0.0323. The SMILES string of the molecule is Brc1cc(Br)cc(C2(c3cc(Br)cc(Br)c3)c3ccccc3-c3c(-c4ccccc4)cccc32)c1. The number of benzene rings is 5. The summed E-state index contributed by atoms with van der Waals surface area (Å²) in [6.07, 6.45) is 0. The van der Waals surface area contributed by atoms with Gasteiger partial charge in [0.05, 0.1) is 5.41 Å². The molecule has 0 nitrogen and oxygen atoms in total. The van der Waals surface area contributed by atoms with Crippen LogP contribution in [0.25, 0.3) is 22.3 Å². The van der Waals surface area contributed by atoms with E-state index in [1.54, 1.807) is 0 Å². The average molecular weight is 710 g/mol. The standard InChI is InChI=1S/C31H18Br4/c32-22-13-20(14-23(33)17-22)31(21-15-24(34)18-25(35)16-21)28-11-5-4-9-27(28)30-26(10-6-12-29(30)31)19-7-2-1-3-8-19/h1-18H. The first kappa shape index (κ1) is 23.4. The normalized spacial score (nSPS) is 13.4. The molecule has 0 bridgehead atoms. The van der Waals surface area contributed by atoms with Crippen molar-refractivity contribution in [1.82, 2.24) is 0 Å². The van der Waals surface area contributed by atoms with Gasteiger partial charge >= 0.3 is 0 Å². The molecule has 6 rings (SSSR count). The maximum Gasteiger partial charge on any atom is 0.0715 e. The predicted molar refractivity (Wildman–Crippen MR) is 160 cm³/mol. The Bertz CT molecular complexity index is 1500. The van der Waals surface area contributed by atoms with E-state index < -0.39 is 5.41 Å². The van der Waals surface area contributed by atoms with Crippen LogP contribution in [0.4, 0.5) is 0 Å². The second-order valence-electron chi connectivity index (χ2n) is 8.71. The van der Waals surface area contributed by atoms with E-state index in [4.69, 9.17) is 0 Å². The summed E-state index contributed by atoms with van der Waals surface area (Å²) in [4.78, 5) is 0. The Hall–Kier alpha value is -1.98. The van der Waals surface area contributed by atoms with E-state index in [0.29, 0.717) is 0 Å². The van der Waals surface area contributed by atoms with E-state index >= 15 is 0 Å². The van der Waals surface area contributed by atoms with Gasteiger partial charge in [-0.2, -0.15) is 0 Å². The largest absolute Gasteiger partial charge is 0.0715 e. The molecule has 0 amide bonds. The monoisotopic (exact) mass is 706 g/mol. The highest BCUT2D eigenvalue weighted by atomic mass is 79.9. The second kappa shape index (κ2) is 9.15. The Balaban J connectivity index is 1.82. The second-order valence-corrected chi connectivity index (χ2v) is 12.4. The fourth-order valence-corrected chi connectivity index (χ4v) is 8.10. The number of rotatable bonds is 3. The Kier molecular flexibility index (Phi) is 6.12. The Morgan fingerprint density at radius 3 is 1.51 bits per heavy atom. The van der Waals surface area contributed by atoms with Crippen LogP contribution in [0.5, 0.6) is 0 Å². The molecule has 0 spiro atoms. The van der Waals surface area contributed by atoms with Gasteiger partial charge in [-0.25, -0.2) is 0 Å². The minimum absolute atomic E-state index is 0.491. The predicted octanol–water partition coefficient (Wildman–Crippen LogP) is 10.8. The van der Waals surface area contributed by atoms with Crippen LogP contribution in [0, 0.1) is 0 Å². The van der Waals surface area contributed by atoms with Gasteiger partial charge in [0.2, 0.25) is 0 Å². The maximum absolute atomic E-state index is 3.77.